The summed E-state index contributed by atoms with van der Waals surface area (Å²) in [5.74, 6) is 0.713. The van der Waals surface area contributed by atoms with E-state index in [-0.39, 0.29) is 0 Å². The molecule has 0 aromatic carbocycles. The highest BCUT2D eigenvalue weighted by molar-refractivity contribution is 4.69. The van der Waals surface area contributed by atoms with Gasteiger partial charge in [-0.05, 0) is 31.8 Å². The van der Waals surface area contributed by atoms with E-state index in [2.05, 4.69) is 11.4 Å². The Morgan fingerprint density at radius 1 is 1.42 bits per heavy atom. The van der Waals surface area contributed by atoms with Gasteiger partial charge in [-0.3, -0.25) is 0 Å². The molecule has 1 heterocycles. The number of piperidine rings is 1. The van der Waals surface area contributed by atoms with E-state index in [0.29, 0.717) is 18.9 Å². The maximum absolute atomic E-state index is 8.26. The van der Waals surface area contributed by atoms with Gasteiger partial charge >= 0.3 is 0 Å². The smallest absolute Gasteiger partial charge is 0.0645 e. The molecule has 0 unspecified atom stereocenters. The molecule has 1 N–H and O–H groups in total. The molecule has 0 aromatic rings. The number of hydrogen-bond acceptors (Lipinski definition) is 3. The first kappa shape index (κ1) is 9.50. The van der Waals surface area contributed by atoms with Gasteiger partial charge in [0.25, 0.3) is 0 Å². The van der Waals surface area contributed by atoms with Gasteiger partial charge in [-0.2, -0.15) is 5.26 Å². The lowest BCUT2D eigenvalue weighted by Gasteiger charge is -2.21. The predicted molar refractivity (Wildman–Crippen MR) is 46.6 cm³/mol. The minimum atomic E-state index is 0.519. The van der Waals surface area contributed by atoms with Crippen LogP contribution in [0, 0.1) is 17.2 Å². The van der Waals surface area contributed by atoms with E-state index < -0.39 is 0 Å². The van der Waals surface area contributed by atoms with Crippen molar-refractivity contribution in [1.29, 1.82) is 5.26 Å². The van der Waals surface area contributed by atoms with Crippen molar-refractivity contribution in [2.24, 2.45) is 5.92 Å². The summed E-state index contributed by atoms with van der Waals surface area (Å²) in [4.78, 5) is 0. The summed E-state index contributed by atoms with van der Waals surface area (Å²) in [6.45, 7) is 3.67. The molecule has 12 heavy (non-hydrogen) atoms. The van der Waals surface area contributed by atoms with Gasteiger partial charge in [-0.15, -0.1) is 0 Å². The van der Waals surface area contributed by atoms with Crippen LogP contribution in [0.2, 0.25) is 0 Å². The Kier molecular flexibility index (Phi) is 4.74. The van der Waals surface area contributed by atoms with Crippen LogP contribution in [-0.4, -0.2) is 26.3 Å². The summed E-state index contributed by atoms with van der Waals surface area (Å²) < 4.78 is 5.36. The van der Waals surface area contributed by atoms with Gasteiger partial charge in [0.2, 0.25) is 0 Å². The molecule has 3 heteroatoms. The van der Waals surface area contributed by atoms with Crippen LogP contribution in [0.4, 0.5) is 0 Å². The normalized spacial score (nSPS) is 18.9. The van der Waals surface area contributed by atoms with Crippen LogP contribution in [0.15, 0.2) is 0 Å². The lowest BCUT2D eigenvalue weighted by molar-refractivity contribution is 0.0919. The fraction of sp³-hybridized carbons (Fsp3) is 0.889. The zero-order valence-electron chi connectivity index (χ0n) is 7.38. The topological polar surface area (TPSA) is 45.0 Å². The Morgan fingerprint density at radius 2 is 2.17 bits per heavy atom. The van der Waals surface area contributed by atoms with E-state index in [1.165, 1.54) is 12.8 Å². The third-order valence-corrected chi connectivity index (χ3v) is 2.17. The molecule has 0 saturated carbocycles. The molecule has 1 aliphatic rings. The molecule has 0 amide bonds. The lowest BCUT2D eigenvalue weighted by atomic mass is 9.99. The number of nitrogens with zero attached hydrogens (tertiary/aromatic N) is 1. The molecule has 3 nitrogen and oxygen atoms in total. The highest BCUT2D eigenvalue weighted by Gasteiger charge is 2.12. The van der Waals surface area contributed by atoms with E-state index in [4.69, 9.17) is 10.00 Å². The Balaban J connectivity index is 1.95. The van der Waals surface area contributed by atoms with Crippen LogP contribution in [0.3, 0.4) is 0 Å². The van der Waals surface area contributed by atoms with E-state index >= 15 is 0 Å². The molecular weight excluding hydrogens is 152 g/mol. The van der Waals surface area contributed by atoms with Crippen molar-refractivity contribution in [3.8, 4) is 6.07 Å². The van der Waals surface area contributed by atoms with Crippen LogP contribution in [0.25, 0.3) is 0 Å². The molecule has 0 aromatic heterocycles. The van der Waals surface area contributed by atoms with Gasteiger partial charge < -0.3 is 10.1 Å². The maximum atomic E-state index is 8.26. The quantitative estimate of drug-likeness (QED) is 0.635. The van der Waals surface area contributed by atoms with Crippen molar-refractivity contribution in [2.75, 3.05) is 26.3 Å². The Labute approximate surface area is 73.7 Å². The summed E-state index contributed by atoms with van der Waals surface area (Å²) in [5, 5.41) is 11.6. The molecule has 1 rings (SSSR count). The maximum Gasteiger partial charge on any atom is 0.0645 e. The fourth-order valence-corrected chi connectivity index (χ4v) is 1.42. The molecule has 1 aliphatic heterocycles. The van der Waals surface area contributed by atoms with Crippen LogP contribution in [0.1, 0.15) is 19.3 Å². The zero-order chi connectivity index (χ0) is 8.65. The van der Waals surface area contributed by atoms with Gasteiger partial charge in [-0.1, -0.05) is 0 Å². The monoisotopic (exact) mass is 168 g/mol. The third kappa shape index (κ3) is 3.70. The van der Waals surface area contributed by atoms with Crippen molar-refractivity contribution in [2.45, 2.75) is 19.3 Å². The van der Waals surface area contributed by atoms with Crippen molar-refractivity contribution >= 4 is 0 Å². The average molecular weight is 168 g/mol. The van der Waals surface area contributed by atoms with Gasteiger partial charge in [0.05, 0.1) is 19.1 Å². The number of hydrogen-bond donors (Lipinski definition) is 1. The first-order valence-corrected chi connectivity index (χ1v) is 4.59. The van der Waals surface area contributed by atoms with E-state index in [9.17, 15) is 0 Å². The molecule has 0 atom stereocenters. The average Bonchev–Trinajstić information content (AvgIpc) is 2.14. The van der Waals surface area contributed by atoms with Crippen LogP contribution in [0.5, 0.6) is 0 Å². The molecule has 0 radical (unpaired) electrons. The van der Waals surface area contributed by atoms with Gasteiger partial charge in [0, 0.05) is 6.61 Å². The summed E-state index contributed by atoms with van der Waals surface area (Å²) in [7, 11) is 0. The van der Waals surface area contributed by atoms with Crippen molar-refractivity contribution in [1.82, 2.24) is 5.32 Å². The minimum absolute atomic E-state index is 0.519. The molecular formula is C9H16N2O. The van der Waals surface area contributed by atoms with E-state index in [1.807, 2.05) is 0 Å². The van der Waals surface area contributed by atoms with Gasteiger partial charge in [-0.25, -0.2) is 0 Å². The summed E-state index contributed by atoms with van der Waals surface area (Å²) in [5.41, 5.74) is 0. The first-order valence-electron chi connectivity index (χ1n) is 4.59. The SMILES string of the molecule is N#CCCOCC1CCNCC1. The van der Waals surface area contributed by atoms with E-state index in [1.54, 1.807) is 0 Å². The number of nitrogens with one attached hydrogen (secondary N) is 1. The largest absolute Gasteiger partial charge is 0.380 e. The number of ether oxygens (including phenoxy) is 1. The first-order chi connectivity index (χ1) is 5.93. The number of rotatable bonds is 4. The Morgan fingerprint density at radius 3 is 2.83 bits per heavy atom. The summed E-state index contributed by atoms with van der Waals surface area (Å²) >= 11 is 0. The second kappa shape index (κ2) is 5.99. The molecule has 0 spiro atoms. The van der Waals surface area contributed by atoms with E-state index in [0.717, 1.165) is 19.7 Å². The Hall–Kier alpha value is -0.590. The predicted octanol–water partition coefficient (Wildman–Crippen LogP) is 0.916. The molecule has 0 bridgehead atoms. The zero-order valence-corrected chi connectivity index (χ0v) is 7.38. The second-order valence-corrected chi connectivity index (χ2v) is 3.18. The van der Waals surface area contributed by atoms with Gasteiger partial charge in [0.15, 0.2) is 0 Å². The minimum Gasteiger partial charge on any atom is -0.380 e. The van der Waals surface area contributed by atoms with Crippen LogP contribution >= 0.6 is 0 Å². The van der Waals surface area contributed by atoms with Crippen molar-refractivity contribution in [3.63, 3.8) is 0 Å². The summed E-state index contributed by atoms with van der Waals surface area (Å²) in [6.07, 6.45) is 2.95. The fourth-order valence-electron chi connectivity index (χ4n) is 1.42. The Bertz CT molecular complexity index is 147. The van der Waals surface area contributed by atoms with Crippen LogP contribution in [-0.2, 0) is 4.74 Å². The standard InChI is InChI=1S/C9H16N2O/c10-4-1-7-12-8-9-2-5-11-6-3-9/h9,11H,1-3,5-8H2. The van der Waals surface area contributed by atoms with Crippen molar-refractivity contribution < 1.29 is 4.74 Å². The van der Waals surface area contributed by atoms with Gasteiger partial charge in [0.1, 0.15) is 0 Å². The highest BCUT2D eigenvalue weighted by atomic mass is 16.5. The van der Waals surface area contributed by atoms with Crippen LogP contribution < -0.4 is 5.32 Å². The highest BCUT2D eigenvalue weighted by Crippen LogP contribution is 2.11. The summed E-state index contributed by atoms with van der Waals surface area (Å²) in [6, 6.07) is 2.07. The third-order valence-electron chi connectivity index (χ3n) is 2.17. The number of nitriles is 1. The molecule has 68 valence electrons. The lowest BCUT2D eigenvalue weighted by Crippen LogP contribution is -2.30. The molecule has 1 saturated heterocycles. The van der Waals surface area contributed by atoms with Crippen molar-refractivity contribution in [3.05, 3.63) is 0 Å². The molecule has 0 aliphatic carbocycles. The second-order valence-electron chi connectivity index (χ2n) is 3.18. The molecule has 1 fully saturated rings.